The van der Waals surface area contributed by atoms with Crippen LogP contribution in [0.4, 0.5) is 0 Å². The summed E-state index contributed by atoms with van der Waals surface area (Å²) in [4.78, 5) is 11.2. The van der Waals surface area contributed by atoms with Crippen LogP contribution in [0.3, 0.4) is 0 Å². The minimum atomic E-state index is 0.186. The van der Waals surface area contributed by atoms with Crippen LogP contribution >= 0.6 is 0 Å². The van der Waals surface area contributed by atoms with E-state index in [0.717, 1.165) is 25.9 Å². The van der Waals surface area contributed by atoms with Crippen LogP contribution in [0.25, 0.3) is 0 Å². The number of hydrogen-bond acceptors (Lipinski definition) is 2. The smallest absolute Gasteiger partial charge is 0.220 e. The van der Waals surface area contributed by atoms with E-state index in [4.69, 9.17) is 5.73 Å². The molecule has 0 aliphatic heterocycles. The molecular formula is C10H20N2O. The Bertz CT molecular complexity index is 176. The van der Waals surface area contributed by atoms with Crippen molar-refractivity contribution in [3.05, 3.63) is 0 Å². The fourth-order valence-electron chi connectivity index (χ4n) is 1.60. The number of carbonyl (C=O) groups is 1. The predicted octanol–water partition coefficient (Wildman–Crippen LogP) is 1.03. The van der Waals surface area contributed by atoms with E-state index in [1.54, 1.807) is 0 Å². The summed E-state index contributed by atoms with van der Waals surface area (Å²) in [5, 5.41) is 2.98. The van der Waals surface area contributed by atoms with Crippen molar-refractivity contribution in [1.29, 1.82) is 0 Å². The van der Waals surface area contributed by atoms with Gasteiger partial charge in [-0.05, 0) is 37.6 Å². The summed E-state index contributed by atoms with van der Waals surface area (Å²) >= 11 is 0. The Balaban J connectivity index is 2.14. The van der Waals surface area contributed by atoms with Gasteiger partial charge < -0.3 is 11.1 Å². The Hall–Kier alpha value is -0.570. The van der Waals surface area contributed by atoms with Gasteiger partial charge in [-0.1, -0.05) is 6.92 Å². The molecule has 1 aliphatic carbocycles. The molecule has 13 heavy (non-hydrogen) atoms. The van der Waals surface area contributed by atoms with Gasteiger partial charge in [-0.3, -0.25) is 4.79 Å². The molecule has 3 N–H and O–H groups in total. The van der Waals surface area contributed by atoms with Gasteiger partial charge in [-0.2, -0.15) is 0 Å². The van der Waals surface area contributed by atoms with Crippen molar-refractivity contribution in [1.82, 2.24) is 5.32 Å². The van der Waals surface area contributed by atoms with Crippen molar-refractivity contribution in [2.75, 3.05) is 13.1 Å². The van der Waals surface area contributed by atoms with Crippen LogP contribution < -0.4 is 11.1 Å². The highest BCUT2D eigenvalue weighted by Gasteiger charge is 2.41. The first-order valence-corrected chi connectivity index (χ1v) is 5.19. The lowest BCUT2D eigenvalue weighted by Gasteiger charge is -2.14. The second kappa shape index (κ2) is 4.61. The maximum atomic E-state index is 11.2. The van der Waals surface area contributed by atoms with E-state index in [9.17, 15) is 4.79 Å². The van der Waals surface area contributed by atoms with E-state index in [0.29, 0.717) is 11.8 Å². The molecule has 0 saturated heterocycles. The molecule has 76 valence electrons. The molecule has 1 rings (SSSR count). The van der Waals surface area contributed by atoms with Crippen molar-refractivity contribution in [3.63, 3.8) is 0 Å². The van der Waals surface area contributed by atoms with E-state index >= 15 is 0 Å². The summed E-state index contributed by atoms with van der Waals surface area (Å²) in [6.45, 7) is 3.60. The predicted molar refractivity (Wildman–Crippen MR) is 53.3 cm³/mol. The molecule has 0 radical (unpaired) electrons. The minimum Gasteiger partial charge on any atom is -0.356 e. The SMILES string of the molecule is CCCC(=O)NCC1(CCN)CC1. The quantitative estimate of drug-likeness (QED) is 0.648. The third-order valence-corrected chi connectivity index (χ3v) is 2.77. The van der Waals surface area contributed by atoms with Crippen molar-refractivity contribution in [2.24, 2.45) is 11.1 Å². The Morgan fingerprint density at radius 2 is 2.23 bits per heavy atom. The number of amides is 1. The number of hydrogen-bond donors (Lipinski definition) is 2. The zero-order valence-corrected chi connectivity index (χ0v) is 8.44. The molecule has 0 aromatic carbocycles. The summed E-state index contributed by atoms with van der Waals surface area (Å²) in [5.41, 5.74) is 5.88. The van der Waals surface area contributed by atoms with Crippen molar-refractivity contribution < 1.29 is 4.79 Å². The molecule has 0 heterocycles. The lowest BCUT2D eigenvalue weighted by molar-refractivity contribution is -0.121. The van der Waals surface area contributed by atoms with Crippen LogP contribution in [0.2, 0.25) is 0 Å². The number of nitrogens with one attached hydrogen (secondary N) is 1. The molecule has 1 fully saturated rings. The van der Waals surface area contributed by atoms with Crippen LogP contribution in [0.1, 0.15) is 39.0 Å². The Kier molecular flexibility index (Phi) is 3.72. The minimum absolute atomic E-state index is 0.186. The number of rotatable bonds is 6. The average molecular weight is 184 g/mol. The zero-order chi connectivity index (χ0) is 9.73. The first-order chi connectivity index (χ1) is 6.22. The second-order valence-corrected chi connectivity index (χ2v) is 4.07. The Morgan fingerprint density at radius 1 is 1.54 bits per heavy atom. The molecule has 1 amide bonds. The average Bonchev–Trinajstić information content (AvgIpc) is 2.84. The molecule has 0 spiro atoms. The van der Waals surface area contributed by atoms with Gasteiger partial charge in [0.15, 0.2) is 0 Å². The number of nitrogens with two attached hydrogens (primary N) is 1. The second-order valence-electron chi connectivity index (χ2n) is 4.07. The lowest BCUT2D eigenvalue weighted by atomic mass is 10.0. The van der Waals surface area contributed by atoms with Gasteiger partial charge >= 0.3 is 0 Å². The molecule has 3 nitrogen and oxygen atoms in total. The third kappa shape index (κ3) is 3.35. The van der Waals surface area contributed by atoms with E-state index in [1.807, 2.05) is 6.92 Å². The van der Waals surface area contributed by atoms with E-state index in [1.165, 1.54) is 12.8 Å². The van der Waals surface area contributed by atoms with Gasteiger partial charge in [0.2, 0.25) is 5.91 Å². The Morgan fingerprint density at radius 3 is 2.69 bits per heavy atom. The molecule has 0 atom stereocenters. The summed E-state index contributed by atoms with van der Waals surface area (Å²) < 4.78 is 0. The molecule has 0 bridgehead atoms. The van der Waals surface area contributed by atoms with Crippen molar-refractivity contribution in [3.8, 4) is 0 Å². The zero-order valence-electron chi connectivity index (χ0n) is 8.44. The number of carbonyl (C=O) groups excluding carboxylic acids is 1. The van der Waals surface area contributed by atoms with Gasteiger partial charge in [0, 0.05) is 13.0 Å². The van der Waals surface area contributed by atoms with Crippen LogP contribution in [0, 0.1) is 5.41 Å². The van der Waals surface area contributed by atoms with Gasteiger partial charge in [0.1, 0.15) is 0 Å². The maximum Gasteiger partial charge on any atom is 0.220 e. The highest BCUT2D eigenvalue weighted by atomic mass is 16.1. The topological polar surface area (TPSA) is 55.1 Å². The first kappa shape index (κ1) is 10.5. The molecule has 3 heteroatoms. The van der Waals surface area contributed by atoms with Gasteiger partial charge in [-0.25, -0.2) is 0 Å². The summed E-state index contributed by atoms with van der Waals surface area (Å²) in [7, 11) is 0. The van der Waals surface area contributed by atoms with Gasteiger partial charge in [-0.15, -0.1) is 0 Å². The van der Waals surface area contributed by atoms with Crippen molar-refractivity contribution in [2.45, 2.75) is 39.0 Å². The largest absolute Gasteiger partial charge is 0.356 e. The van der Waals surface area contributed by atoms with Crippen LogP contribution in [0.15, 0.2) is 0 Å². The lowest BCUT2D eigenvalue weighted by Crippen LogP contribution is -2.30. The third-order valence-electron chi connectivity index (χ3n) is 2.77. The van der Waals surface area contributed by atoms with E-state index in [2.05, 4.69) is 5.32 Å². The molecule has 0 unspecified atom stereocenters. The fraction of sp³-hybridized carbons (Fsp3) is 0.900. The van der Waals surface area contributed by atoms with Gasteiger partial charge in [0.25, 0.3) is 0 Å². The molecule has 0 aromatic rings. The summed E-state index contributed by atoms with van der Waals surface area (Å²) in [6, 6.07) is 0. The van der Waals surface area contributed by atoms with Crippen molar-refractivity contribution >= 4 is 5.91 Å². The first-order valence-electron chi connectivity index (χ1n) is 5.19. The summed E-state index contributed by atoms with van der Waals surface area (Å²) in [5.74, 6) is 0.186. The molecular weight excluding hydrogens is 164 g/mol. The Labute approximate surface area is 80.1 Å². The van der Waals surface area contributed by atoms with Crippen LogP contribution in [-0.2, 0) is 4.79 Å². The monoisotopic (exact) mass is 184 g/mol. The molecule has 1 aliphatic rings. The van der Waals surface area contributed by atoms with E-state index < -0.39 is 0 Å². The van der Waals surface area contributed by atoms with Gasteiger partial charge in [0.05, 0.1) is 0 Å². The van der Waals surface area contributed by atoms with Crippen LogP contribution in [-0.4, -0.2) is 19.0 Å². The summed E-state index contributed by atoms with van der Waals surface area (Å²) in [6.07, 6.45) is 5.10. The standard InChI is InChI=1S/C10H20N2O/c1-2-3-9(13)12-8-10(4-5-10)6-7-11/h2-8,11H2,1H3,(H,12,13). The van der Waals surface area contributed by atoms with Crippen LogP contribution in [0.5, 0.6) is 0 Å². The molecule has 1 saturated carbocycles. The highest BCUT2D eigenvalue weighted by Crippen LogP contribution is 2.47. The van der Waals surface area contributed by atoms with E-state index in [-0.39, 0.29) is 5.91 Å². The molecule has 0 aromatic heterocycles. The fourth-order valence-corrected chi connectivity index (χ4v) is 1.60. The maximum absolute atomic E-state index is 11.2. The highest BCUT2D eigenvalue weighted by molar-refractivity contribution is 5.75. The normalized spacial score (nSPS) is 18.3.